The Morgan fingerprint density at radius 1 is 1.29 bits per heavy atom. The van der Waals surface area contributed by atoms with Gasteiger partial charge in [0, 0.05) is 37.5 Å². The largest absolute Gasteiger partial charge is 0.491 e. The van der Waals surface area contributed by atoms with Crippen LogP contribution in [0.4, 0.5) is 0 Å². The number of rotatable bonds is 5. The van der Waals surface area contributed by atoms with Gasteiger partial charge in [0.15, 0.2) is 5.75 Å². The molecule has 2 rings (SSSR count). The molecule has 1 amide bonds. The molecule has 0 saturated carbocycles. The van der Waals surface area contributed by atoms with Gasteiger partial charge in [0.2, 0.25) is 0 Å². The molecule has 5 nitrogen and oxygen atoms in total. The summed E-state index contributed by atoms with van der Waals surface area (Å²) in [5.41, 5.74) is 3.42. The van der Waals surface area contributed by atoms with Gasteiger partial charge >= 0.3 is 0 Å². The monoisotopic (exact) mass is 369 g/mol. The minimum atomic E-state index is -0.162. The van der Waals surface area contributed by atoms with E-state index in [0.29, 0.717) is 34.5 Å². The van der Waals surface area contributed by atoms with Gasteiger partial charge in [0.05, 0.1) is 22.3 Å². The predicted molar refractivity (Wildman–Crippen MR) is 96.1 cm³/mol. The summed E-state index contributed by atoms with van der Waals surface area (Å²) in [6.45, 7) is 6.68. The maximum atomic E-state index is 12.7. The number of hydrogen-bond acceptors (Lipinski definition) is 3. The molecule has 0 atom stereocenters. The zero-order valence-corrected chi connectivity index (χ0v) is 16.0. The summed E-state index contributed by atoms with van der Waals surface area (Å²) >= 11 is 12.4. The van der Waals surface area contributed by atoms with Crippen LogP contribution in [-0.2, 0) is 13.6 Å². The number of carbonyl (C=O) groups is 1. The van der Waals surface area contributed by atoms with E-state index in [-0.39, 0.29) is 5.91 Å². The molecule has 0 fully saturated rings. The zero-order valence-electron chi connectivity index (χ0n) is 14.5. The number of ether oxygens (including phenoxy) is 1. The highest BCUT2D eigenvalue weighted by Gasteiger charge is 2.19. The minimum absolute atomic E-state index is 0.162. The number of nitrogens with zero attached hydrogens (tertiary/aromatic N) is 3. The van der Waals surface area contributed by atoms with Gasteiger partial charge in [-0.15, -0.1) is 0 Å². The standard InChI is InChI=1S/C17H21Cl2N3O2/c1-6-24-16-14(18)7-12(8-15(16)19)17(23)21(4)9-13-10(2)20-22(5)11(13)3/h7-8H,6,9H2,1-5H3. The number of carbonyl (C=O) groups excluding carboxylic acids is 1. The molecule has 1 aromatic carbocycles. The van der Waals surface area contributed by atoms with Crippen molar-refractivity contribution in [2.45, 2.75) is 27.3 Å². The highest BCUT2D eigenvalue weighted by molar-refractivity contribution is 6.37. The van der Waals surface area contributed by atoms with Crippen molar-refractivity contribution in [1.82, 2.24) is 14.7 Å². The summed E-state index contributed by atoms with van der Waals surface area (Å²) in [4.78, 5) is 14.3. The average molecular weight is 370 g/mol. The Labute approximate surface area is 152 Å². The van der Waals surface area contributed by atoms with Crippen LogP contribution in [0.3, 0.4) is 0 Å². The number of aromatic nitrogens is 2. The van der Waals surface area contributed by atoms with E-state index < -0.39 is 0 Å². The minimum Gasteiger partial charge on any atom is -0.491 e. The van der Waals surface area contributed by atoms with Gasteiger partial charge < -0.3 is 9.64 Å². The molecule has 0 N–H and O–H groups in total. The van der Waals surface area contributed by atoms with E-state index in [4.69, 9.17) is 27.9 Å². The SMILES string of the molecule is CCOc1c(Cl)cc(C(=O)N(C)Cc2c(C)nn(C)c2C)cc1Cl. The van der Waals surface area contributed by atoms with Crippen LogP contribution in [0, 0.1) is 13.8 Å². The van der Waals surface area contributed by atoms with Crippen molar-refractivity contribution in [2.24, 2.45) is 7.05 Å². The van der Waals surface area contributed by atoms with Gasteiger partial charge in [-0.05, 0) is 32.9 Å². The number of hydrogen-bond donors (Lipinski definition) is 0. The van der Waals surface area contributed by atoms with Crippen LogP contribution in [0.2, 0.25) is 10.0 Å². The van der Waals surface area contributed by atoms with Crippen LogP contribution >= 0.6 is 23.2 Å². The molecule has 0 aliphatic rings. The second kappa shape index (κ2) is 7.45. The molecule has 1 heterocycles. The summed E-state index contributed by atoms with van der Waals surface area (Å²) in [6, 6.07) is 3.17. The number of benzene rings is 1. The van der Waals surface area contributed by atoms with E-state index in [1.54, 1.807) is 24.1 Å². The fourth-order valence-corrected chi connectivity index (χ4v) is 3.14. The fraction of sp³-hybridized carbons (Fsp3) is 0.412. The van der Waals surface area contributed by atoms with E-state index in [0.717, 1.165) is 17.0 Å². The van der Waals surface area contributed by atoms with Gasteiger partial charge in [-0.3, -0.25) is 9.48 Å². The molecule has 0 aliphatic heterocycles. The Hall–Kier alpha value is -1.72. The smallest absolute Gasteiger partial charge is 0.254 e. The lowest BCUT2D eigenvalue weighted by atomic mass is 10.1. The quantitative estimate of drug-likeness (QED) is 0.799. The molecule has 2 aromatic rings. The summed E-state index contributed by atoms with van der Waals surface area (Å²) in [7, 11) is 3.63. The number of amides is 1. The first-order valence-electron chi connectivity index (χ1n) is 7.62. The zero-order chi connectivity index (χ0) is 18.0. The lowest BCUT2D eigenvalue weighted by molar-refractivity contribution is 0.0784. The van der Waals surface area contributed by atoms with E-state index in [1.807, 2.05) is 32.5 Å². The first kappa shape index (κ1) is 18.6. The second-order valence-electron chi connectivity index (χ2n) is 5.64. The Morgan fingerprint density at radius 3 is 2.33 bits per heavy atom. The molecule has 1 aromatic heterocycles. The van der Waals surface area contributed by atoms with Gasteiger partial charge in [-0.2, -0.15) is 5.10 Å². The van der Waals surface area contributed by atoms with Gasteiger partial charge in [-0.25, -0.2) is 0 Å². The maximum Gasteiger partial charge on any atom is 0.254 e. The van der Waals surface area contributed by atoms with Crippen LogP contribution in [0.1, 0.15) is 34.2 Å². The molecular weight excluding hydrogens is 349 g/mol. The van der Waals surface area contributed by atoms with E-state index in [9.17, 15) is 4.79 Å². The van der Waals surface area contributed by atoms with Crippen LogP contribution in [0.15, 0.2) is 12.1 Å². The normalized spacial score (nSPS) is 10.8. The van der Waals surface area contributed by atoms with Crippen molar-refractivity contribution < 1.29 is 9.53 Å². The Morgan fingerprint density at radius 2 is 1.88 bits per heavy atom. The van der Waals surface area contributed by atoms with Crippen LogP contribution in [-0.4, -0.2) is 34.2 Å². The topological polar surface area (TPSA) is 47.4 Å². The molecule has 0 radical (unpaired) electrons. The Bertz CT molecular complexity index is 748. The fourth-order valence-electron chi connectivity index (χ4n) is 2.54. The van der Waals surface area contributed by atoms with Crippen molar-refractivity contribution in [3.63, 3.8) is 0 Å². The van der Waals surface area contributed by atoms with E-state index in [1.165, 1.54) is 0 Å². The first-order chi connectivity index (χ1) is 11.3. The van der Waals surface area contributed by atoms with E-state index in [2.05, 4.69) is 5.10 Å². The van der Waals surface area contributed by atoms with E-state index >= 15 is 0 Å². The maximum absolute atomic E-state index is 12.7. The van der Waals surface area contributed by atoms with Gasteiger partial charge in [0.1, 0.15) is 0 Å². The molecule has 24 heavy (non-hydrogen) atoms. The van der Waals surface area contributed by atoms with Crippen molar-refractivity contribution in [2.75, 3.05) is 13.7 Å². The van der Waals surface area contributed by atoms with Crippen molar-refractivity contribution in [1.29, 1.82) is 0 Å². The van der Waals surface area contributed by atoms with Gasteiger partial charge in [0.25, 0.3) is 5.91 Å². The molecule has 7 heteroatoms. The van der Waals surface area contributed by atoms with Crippen LogP contribution in [0.25, 0.3) is 0 Å². The lowest BCUT2D eigenvalue weighted by Gasteiger charge is -2.18. The highest BCUT2D eigenvalue weighted by atomic mass is 35.5. The molecule has 0 spiro atoms. The highest BCUT2D eigenvalue weighted by Crippen LogP contribution is 2.34. The average Bonchev–Trinajstić information content (AvgIpc) is 2.76. The molecule has 130 valence electrons. The molecule has 0 aliphatic carbocycles. The summed E-state index contributed by atoms with van der Waals surface area (Å²) in [6.07, 6.45) is 0. The summed E-state index contributed by atoms with van der Waals surface area (Å²) < 4.78 is 7.21. The Kier molecular flexibility index (Phi) is 5.78. The Balaban J connectivity index is 2.25. The van der Waals surface area contributed by atoms with Crippen molar-refractivity contribution in [3.8, 4) is 5.75 Å². The number of aryl methyl sites for hydroxylation is 2. The second-order valence-corrected chi connectivity index (χ2v) is 6.45. The first-order valence-corrected chi connectivity index (χ1v) is 8.38. The molecule has 0 unspecified atom stereocenters. The summed E-state index contributed by atoms with van der Waals surface area (Å²) in [5.74, 6) is 0.239. The third-order valence-corrected chi connectivity index (χ3v) is 4.50. The van der Waals surface area contributed by atoms with Gasteiger partial charge in [-0.1, -0.05) is 23.2 Å². The van der Waals surface area contributed by atoms with Crippen LogP contribution in [0.5, 0.6) is 5.75 Å². The molecule has 0 bridgehead atoms. The predicted octanol–water partition coefficient (Wildman–Crippen LogP) is 4.01. The van der Waals surface area contributed by atoms with Crippen molar-refractivity contribution >= 4 is 29.1 Å². The third kappa shape index (κ3) is 3.68. The molecule has 0 saturated heterocycles. The summed E-state index contributed by atoms with van der Waals surface area (Å²) in [5, 5.41) is 5.03. The van der Waals surface area contributed by atoms with Crippen LogP contribution < -0.4 is 4.74 Å². The molecular formula is C17H21Cl2N3O2. The number of halogens is 2. The third-order valence-electron chi connectivity index (χ3n) is 3.93. The lowest BCUT2D eigenvalue weighted by Crippen LogP contribution is -2.26. The van der Waals surface area contributed by atoms with Crippen molar-refractivity contribution in [3.05, 3.63) is 44.7 Å².